The van der Waals surface area contributed by atoms with E-state index in [1.54, 1.807) is 0 Å². The molecule has 2 N–H and O–H groups in total. The van der Waals surface area contributed by atoms with Crippen molar-refractivity contribution < 1.29 is 29.3 Å². The van der Waals surface area contributed by atoms with E-state index in [2.05, 4.69) is 9.72 Å². The van der Waals surface area contributed by atoms with Crippen LogP contribution in [0.5, 0.6) is 11.5 Å². The molecular formula is C14H17B61Cl2N2O5+. The topological polar surface area (TPSA) is 92.8 Å². The fourth-order valence-electron chi connectivity index (χ4n) is 11.6. The number of aromatic nitrogens is 2. The smallest absolute Gasteiger partial charge is 0.343 e. The van der Waals surface area contributed by atoms with Gasteiger partial charge in [-0.25, -0.2) is 9.78 Å². The monoisotopic (exact) mass is 1030 g/mol. The number of rotatable bonds is 32. The second-order valence-corrected chi connectivity index (χ2v) is 21.4. The molecule has 0 bridgehead atoms. The number of nitrogens with zero attached hydrogens (tertiary/aromatic N) is 2. The number of methoxy groups -OCH3 is 1. The molecule has 309 valence electrons. The number of pyridine rings is 2. The maximum Gasteiger partial charge on any atom is 0.343 e. The van der Waals surface area contributed by atoms with Crippen LogP contribution in [0.3, 0.4) is 0 Å². The van der Waals surface area contributed by atoms with Gasteiger partial charge in [-0.05, 0) is 29.8 Å². The molecule has 0 aliphatic rings. The largest absolute Gasteiger partial charge is 0.506 e. The highest BCUT2D eigenvalue weighted by Crippen LogP contribution is 2.25. The van der Waals surface area contributed by atoms with E-state index in [0.29, 0.717) is 15.6 Å². The predicted molar refractivity (Wildman–Crippen MR) is 435 cm³/mol. The van der Waals surface area contributed by atoms with E-state index in [9.17, 15) is 4.79 Å². The Balaban J connectivity index is 0. The van der Waals surface area contributed by atoms with Gasteiger partial charge in [-0.1, -0.05) is 19.0 Å². The predicted octanol–water partition coefficient (Wildman–Crippen LogP) is -20.7. The van der Waals surface area contributed by atoms with Gasteiger partial charge < -0.3 is 14.6 Å². The normalized spacial score (nSPS) is 9.51. The van der Waals surface area contributed by atoms with Crippen molar-refractivity contribution in [3.63, 3.8) is 0 Å². The first-order valence-corrected chi connectivity index (χ1v) is 26.6. The summed E-state index contributed by atoms with van der Waals surface area (Å²) in [5.41, 5.74) is 0. The van der Waals surface area contributed by atoms with Gasteiger partial charge in [0.2, 0.25) is 0 Å². The van der Waals surface area contributed by atoms with Crippen LogP contribution in [0.25, 0.3) is 0 Å². The molecule has 0 aromatic carbocycles. The van der Waals surface area contributed by atoms with E-state index in [-0.39, 0.29) is 24.9 Å². The number of esters is 1. The van der Waals surface area contributed by atoms with E-state index in [4.69, 9.17) is 278 Å². The maximum atomic E-state index is 10.7. The zero-order valence-electron chi connectivity index (χ0n) is 46.7. The third kappa shape index (κ3) is 27.0. The second kappa shape index (κ2) is 42.8. The lowest BCUT2D eigenvalue weighted by Gasteiger charge is -2.59. The second-order valence-electron chi connectivity index (χ2n) is 20.7. The van der Waals surface area contributed by atoms with Crippen LogP contribution in [0, 0.1) is 0 Å². The minimum Gasteiger partial charge on any atom is -0.506 e. The molecule has 0 atom stereocenters. The van der Waals surface area contributed by atoms with Gasteiger partial charge in [0.05, 0.1) is 13.3 Å². The number of carbonyl (C=O) groups is 1. The molecule has 0 aliphatic heterocycles. The number of hydrogen-bond acceptors (Lipinski definition) is 6. The highest BCUT2D eigenvalue weighted by molar-refractivity contribution is 8.38. The van der Waals surface area contributed by atoms with Gasteiger partial charge in [-0.15, -0.1) is 0 Å². The average Bonchev–Trinajstić information content (AvgIpc) is 3.00. The number of aromatic hydroxyl groups is 1. The van der Waals surface area contributed by atoms with Crippen LogP contribution in [0.4, 0.5) is 0 Å². The van der Waals surface area contributed by atoms with Gasteiger partial charge >= 0.3 is 11.1 Å². The van der Waals surface area contributed by atoms with Gasteiger partial charge in [0.25, 0.3) is 6.20 Å². The summed E-state index contributed by atoms with van der Waals surface area (Å²) < 4.78 is 10.0. The lowest BCUT2D eigenvalue weighted by molar-refractivity contribution is -0.903. The Morgan fingerprint density at radius 2 is 0.738 bits per heavy atom. The van der Waals surface area contributed by atoms with Crippen molar-refractivity contribution in [2.24, 2.45) is 0 Å². The van der Waals surface area contributed by atoms with Crippen LogP contribution in [0.2, 0.25) is 10.3 Å². The van der Waals surface area contributed by atoms with Crippen LogP contribution in [-0.4, -0.2) is 467 Å². The van der Waals surface area contributed by atoms with Gasteiger partial charge in [0.1, 0.15) is 10.9 Å². The summed E-state index contributed by atoms with van der Waals surface area (Å²) in [6, 6.07) is 5.97. The van der Waals surface area contributed by atoms with Gasteiger partial charge in [-0.2, -0.15) is 0 Å². The molecule has 0 amide bonds. The minimum atomic E-state index is -1.51. The van der Waals surface area contributed by atoms with Crippen LogP contribution in [0.1, 0.15) is 7.43 Å². The van der Waals surface area contributed by atoms with Crippen molar-refractivity contribution >= 4 is 461 Å². The van der Waals surface area contributed by atoms with Gasteiger partial charge in [0, 0.05) is 443 Å². The Bertz CT molecular complexity index is 1900. The first-order valence-electron chi connectivity index (χ1n) is 25.8. The summed E-state index contributed by atoms with van der Waals surface area (Å²) in [6.07, 6.45) is -38.6. The Morgan fingerprint density at radius 3 is 0.952 bits per heavy atom. The van der Waals surface area contributed by atoms with E-state index in [0.717, 1.165) is 7.06 Å². The summed E-state index contributed by atoms with van der Waals surface area (Å²) >= 11 is 10.9. The number of ether oxygens (including phenoxy) is 2. The van der Waals surface area contributed by atoms with Crippen molar-refractivity contribution in [2.75, 3.05) is 13.7 Å². The SMILES string of the molecule is C.COC(=O)COc1ccc(Cl)[n+](O)c1.Oc1ccc(Cl)nc1.[B][B]B(B([B])[B])B(B(B([B])[B])B([B])[B])B(B(B(B([B])[B])B([B])[B])B(B([B])[B])B([B])[B])B(B(B(B([B])[B])B([B])[B])B(B([B])[B])B([B])[B])B(B(B([B])[B])B([B])[B])B(B([B])[B])B([B])[B]. The highest BCUT2D eigenvalue weighted by Gasteiger charge is 2.62. The lowest BCUT2D eigenvalue weighted by Crippen LogP contribution is -2.97. The van der Waals surface area contributed by atoms with Crippen molar-refractivity contribution in [2.45, 2.75) is 7.43 Å². The zero-order chi connectivity index (χ0) is 65.0. The summed E-state index contributed by atoms with van der Waals surface area (Å²) in [4.78, 5) is 14.3. The molecule has 70 heteroatoms. The molecule has 0 unspecified atom stereocenters. The molecule has 2 aromatic heterocycles. The Hall–Kier alpha value is 1.71. The standard InChI is InChI=1S/C8H9ClNO4.C5H4ClNO.CH4.B61/c1-13-8(11)5-14-6-2-3-7(9)10(12)4-6;6-5-2-1-4(8)3-7-5;;1-32-48(33(2)3)56(49(34(4)5)35(6)7)60(57(50(36(8)9)37(10)11)51(38(12)13)39(14)15)61(58(52(40(16)17)41(18)19)53(42(20)21)43(22)23)59(54(44(24)25)45(26)27)55(46(28)29)47(30)31/h2-4,12H,5H2,1H3;1-3,8H;1H4;/q+1;;;. The molecule has 63 radical (unpaired) electrons. The quantitative estimate of drug-likeness (QED) is 0.0249. The van der Waals surface area contributed by atoms with Crippen LogP contribution < -0.4 is 9.47 Å². The van der Waals surface area contributed by atoms with E-state index in [1.807, 2.05) is 0 Å². The minimum absolute atomic E-state index is 0. The van der Waals surface area contributed by atoms with Crippen LogP contribution >= 0.6 is 23.2 Å². The molecule has 0 saturated carbocycles. The summed E-state index contributed by atoms with van der Waals surface area (Å²) in [7, 11) is 207. The zero-order valence-corrected chi connectivity index (χ0v) is 48.2. The fraction of sp³-hybridized carbons (Fsp3) is 0.214. The van der Waals surface area contributed by atoms with E-state index < -0.39 is 191 Å². The molecule has 2 heterocycles. The first-order chi connectivity index (χ1) is 38.2. The summed E-state index contributed by atoms with van der Waals surface area (Å²) in [5.74, 6) is -0.0406. The Morgan fingerprint density at radius 1 is 0.464 bits per heavy atom. The molecule has 0 fully saturated rings. The van der Waals surface area contributed by atoms with Crippen molar-refractivity contribution in [1.82, 2.24) is 4.98 Å². The lowest BCUT2D eigenvalue weighted by atomic mass is 8.22. The summed E-state index contributed by atoms with van der Waals surface area (Å²) in [6.45, 7) is -0.210. The van der Waals surface area contributed by atoms with Crippen molar-refractivity contribution in [3.05, 3.63) is 47.0 Å². The molecular weight excluding hydrogens is 1010 g/mol. The summed E-state index contributed by atoms with van der Waals surface area (Å²) in [5, 5.41) is 18.3. The molecule has 7 nitrogen and oxygen atoms in total. The van der Waals surface area contributed by atoms with Crippen molar-refractivity contribution in [3.8, 4) is 11.5 Å². The molecule has 0 spiro atoms. The molecule has 0 aliphatic carbocycles. The molecule has 2 rings (SSSR count). The average molecular weight is 1020 g/mol. The van der Waals surface area contributed by atoms with Gasteiger partial charge in [-0.3, -0.25) is 5.21 Å². The number of halogens is 2. The van der Waals surface area contributed by atoms with E-state index in [1.165, 1.54) is 43.8 Å². The first kappa shape index (κ1) is 87.8. The highest BCUT2D eigenvalue weighted by atomic mass is 35.5. The number of carbonyl (C=O) groups excluding carboxylic acids is 1. The van der Waals surface area contributed by atoms with Gasteiger partial charge in [0.15, 0.2) is 12.4 Å². The number of hydrogen-bond donors (Lipinski definition) is 2. The maximum absolute atomic E-state index is 10.7. The third-order valence-corrected chi connectivity index (χ3v) is 15.3. The Labute approximate surface area is 570 Å². The molecule has 2 aromatic rings. The third-order valence-electron chi connectivity index (χ3n) is 14.8. The van der Waals surface area contributed by atoms with E-state index >= 15 is 0 Å². The van der Waals surface area contributed by atoms with Crippen LogP contribution in [-0.2, 0) is 9.53 Å². The molecule has 0 saturated heterocycles. The van der Waals surface area contributed by atoms with Crippen LogP contribution in [0.15, 0.2) is 36.7 Å². The fourth-order valence-corrected chi connectivity index (χ4v) is 11.9. The van der Waals surface area contributed by atoms with Crippen molar-refractivity contribution in [1.29, 1.82) is 0 Å². The Kier molecular flexibility index (Phi) is 44.8. The molecule has 84 heavy (non-hydrogen) atoms.